The first-order valence-electron chi connectivity index (χ1n) is 13.5. The topological polar surface area (TPSA) is 57.2 Å². The normalized spacial score (nSPS) is 17.7. The molecule has 0 unspecified atom stereocenters. The van der Waals surface area contributed by atoms with Crippen molar-refractivity contribution in [3.8, 4) is 5.75 Å². The summed E-state index contributed by atoms with van der Waals surface area (Å²) < 4.78 is 5.94. The van der Waals surface area contributed by atoms with Gasteiger partial charge in [-0.1, -0.05) is 49.8 Å². The van der Waals surface area contributed by atoms with Crippen molar-refractivity contribution in [2.75, 3.05) is 38.1 Å². The summed E-state index contributed by atoms with van der Waals surface area (Å²) in [4.78, 5) is 22.9. The van der Waals surface area contributed by atoms with Gasteiger partial charge in [-0.05, 0) is 82.6 Å². The van der Waals surface area contributed by atoms with Gasteiger partial charge in [0.05, 0.1) is 0 Å². The molecule has 6 nitrogen and oxygen atoms in total. The molecule has 0 aromatic heterocycles. The third-order valence-electron chi connectivity index (χ3n) is 7.05. The lowest BCUT2D eigenvalue weighted by molar-refractivity contribution is -0.121. The van der Waals surface area contributed by atoms with Crippen LogP contribution in [0, 0.1) is 0 Å². The minimum Gasteiger partial charge on any atom is -0.492 e. The molecule has 0 radical (unpaired) electrons. The van der Waals surface area contributed by atoms with Gasteiger partial charge in [-0.2, -0.15) is 0 Å². The van der Waals surface area contributed by atoms with Crippen molar-refractivity contribution < 1.29 is 9.53 Å². The molecule has 1 heterocycles. The molecule has 2 aromatic rings. The van der Waals surface area contributed by atoms with E-state index in [0.717, 1.165) is 66.5 Å². The van der Waals surface area contributed by atoms with E-state index in [1.165, 1.54) is 0 Å². The molecule has 196 valence electrons. The van der Waals surface area contributed by atoms with Crippen molar-refractivity contribution in [1.82, 2.24) is 9.80 Å². The molecule has 2 aromatic carbocycles. The van der Waals surface area contributed by atoms with E-state index in [4.69, 9.17) is 9.73 Å². The highest BCUT2D eigenvalue weighted by Gasteiger charge is 2.45. The van der Waals surface area contributed by atoms with Crippen LogP contribution in [0.1, 0.15) is 53.0 Å². The predicted octanol–water partition coefficient (Wildman–Crippen LogP) is 5.99. The summed E-state index contributed by atoms with van der Waals surface area (Å²) in [7, 11) is 0. The number of likely N-dealkylation sites (N-methyl/N-ethyl adjacent to an activating group) is 2. The number of amidine groups is 1. The maximum atomic E-state index is 13.5. The summed E-state index contributed by atoms with van der Waals surface area (Å²) in [5.74, 6) is 1.63. The summed E-state index contributed by atoms with van der Waals surface area (Å²) in [5.41, 5.74) is 4.41. The van der Waals surface area contributed by atoms with Crippen molar-refractivity contribution in [1.29, 1.82) is 0 Å². The Balaban J connectivity index is 1.53. The summed E-state index contributed by atoms with van der Waals surface area (Å²) in [5, 5.41) is 3.63. The molecule has 2 aliphatic rings. The number of nitrogens with zero attached hydrogens (tertiary/aromatic N) is 3. The highest BCUT2D eigenvalue weighted by Crippen LogP contribution is 2.42. The standard InChI is InChI=1S/C31H40N4O2/c1-6-34(7-2)20-21-37-26-16-14-25(15-17-26)32-31(18-19-31)33-29-27(23(4)5)22-28(30(36)35(29)8-3)24-12-10-9-11-13-24/h9-17,22,32H,6-8,18-21H2,1-5H3. The van der Waals surface area contributed by atoms with Gasteiger partial charge in [-0.3, -0.25) is 9.69 Å². The van der Waals surface area contributed by atoms with Crippen LogP contribution >= 0.6 is 0 Å². The average Bonchev–Trinajstić information content (AvgIpc) is 3.67. The number of hydrogen-bond acceptors (Lipinski definition) is 5. The van der Waals surface area contributed by atoms with Crippen LogP contribution in [0.25, 0.3) is 5.57 Å². The fourth-order valence-corrected chi connectivity index (χ4v) is 4.59. The van der Waals surface area contributed by atoms with Crippen LogP contribution in [0.2, 0.25) is 0 Å². The van der Waals surface area contributed by atoms with Crippen molar-refractivity contribution >= 4 is 23.0 Å². The zero-order valence-electron chi connectivity index (χ0n) is 22.9. The number of amides is 1. The molecule has 0 spiro atoms. The first-order chi connectivity index (χ1) is 17.9. The van der Waals surface area contributed by atoms with E-state index >= 15 is 0 Å². The molecule has 1 aliphatic heterocycles. The van der Waals surface area contributed by atoms with E-state index in [-0.39, 0.29) is 5.91 Å². The number of benzene rings is 2. The van der Waals surface area contributed by atoms with Crippen LogP contribution < -0.4 is 10.1 Å². The molecule has 1 amide bonds. The van der Waals surface area contributed by atoms with Crippen LogP contribution in [0.3, 0.4) is 0 Å². The molecule has 0 saturated heterocycles. The van der Waals surface area contributed by atoms with Crippen LogP contribution in [0.4, 0.5) is 5.69 Å². The van der Waals surface area contributed by atoms with Gasteiger partial charge in [-0.15, -0.1) is 0 Å². The Kier molecular flexibility index (Phi) is 8.49. The molecule has 0 atom stereocenters. The van der Waals surface area contributed by atoms with Crippen LogP contribution in [0.15, 0.2) is 76.8 Å². The molecular formula is C31H40N4O2. The quantitative estimate of drug-likeness (QED) is 0.412. The molecule has 1 saturated carbocycles. The molecule has 6 heteroatoms. The number of ether oxygens (including phenoxy) is 1. The predicted molar refractivity (Wildman–Crippen MR) is 153 cm³/mol. The molecule has 1 fully saturated rings. The number of hydrogen-bond donors (Lipinski definition) is 1. The Labute approximate surface area is 221 Å². The van der Waals surface area contributed by atoms with Crippen LogP contribution in [-0.4, -0.2) is 60.0 Å². The smallest absolute Gasteiger partial charge is 0.260 e. The average molecular weight is 501 g/mol. The molecular weight excluding hydrogens is 460 g/mol. The Hall–Kier alpha value is -3.38. The zero-order valence-corrected chi connectivity index (χ0v) is 22.9. The first-order valence-corrected chi connectivity index (χ1v) is 13.5. The molecule has 4 rings (SSSR count). The third-order valence-corrected chi connectivity index (χ3v) is 7.05. The SMILES string of the molecule is CCN(CC)CCOc1ccc(NC2(N=C3C(=C(C)C)C=C(c4ccccc4)C(=O)N3CC)CC2)cc1. The first kappa shape index (κ1) is 26.7. The van der Waals surface area contributed by atoms with Gasteiger partial charge >= 0.3 is 0 Å². The van der Waals surface area contributed by atoms with E-state index in [1.54, 1.807) is 0 Å². The number of nitrogens with one attached hydrogen (secondary N) is 1. The maximum absolute atomic E-state index is 13.5. The number of allylic oxidation sites excluding steroid dienone is 1. The second kappa shape index (κ2) is 11.8. The monoisotopic (exact) mass is 500 g/mol. The lowest BCUT2D eigenvalue weighted by Crippen LogP contribution is -2.42. The number of aliphatic imine (C=N–C) groups is 1. The van der Waals surface area contributed by atoms with Crippen LogP contribution in [-0.2, 0) is 4.79 Å². The van der Waals surface area contributed by atoms with Crippen molar-refractivity contribution in [2.45, 2.75) is 53.1 Å². The van der Waals surface area contributed by atoms with Gasteiger partial charge < -0.3 is 15.0 Å². The Morgan fingerprint density at radius 3 is 2.27 bits per heavy atom. The van der Waals surface area contributed by atoms with Gasteiger partial charge in [-0.25, -0.2) is 4.99 Å². The van der Waals surface area contributed by atoms with E-state index in [2.05, 4.69) is 37.9 Å². The lowest BCUT2D eigenvalue weighted by Gasteiger charge is -2.31. The van der Waals surface area contributed by atoms with E-state index in [9.17, 15) is 4.79 Å². The van der Waals surface area contributed by atoms with Gasteiger partial charge in [0.1, 0.15) is 23.9 Å². The summed E-state index contributed by atoms with van der Waals surface area (Å²) in [6, 6.07) is 18.0. The summed E-state index contributed by atoms with van der Waals surface area (Å²) >= 11 is 0. The maximum Gasteiger partial charge on any atom is 0.260 e. The summed E-state index contributed by atoms with van der Waals surface area (Å²) in [6.45, 7) is 14.7. The minimum atomic E-state index is -0.396. The van der Waals surface area contributed by atoms with Gasteiger partial charge in [0.15, 0.2) is 0 Å². The zero-order chi connectivity index (χ0) is 26.4. The largest absolute Gasteiger partial charge is 0.492 e. The fraction of sp³-hybridized carbons (Fsp3) is 0.419. The van der Waals surface area contributed by atoms with Gasteiger partial charge in [0.25, 0.3) is 5.91 Å². The number of rotatable bonds is 11. The van der Waals surface area contributed by atoms with E-state index in [0.29, 0.717) is 18.7 Å². The number of anilines is 1. The Bertz CT molecular complexity index is 1170. The molecule has 37 heavy (non-hydrogen) atoms. The summed E-state index contributed by atoms with van der Waals surface area (Å²) in [6.07, 6.45) is 3.86. The highest BCUT2D eigenvalue weighted by atomic mass is 16.5. The molecule has 1 N–H and O–H groups in total. The second-order valence-corrected chi connectivity index (χ2v) is 9.88. The van der Waals surface area contributed by atoms with E-state index in [1.807, 2.05) is 72.5 Å². The second-order valence-electron chi connectivity index (χ2n) is 9.88. The van der Waals surface area contributed by atoms with Gasteiger partial charge in [0, 0.05) is 29.9 Å². The lowest BCUT2D eigenvalue weighted by atomic mass is 9.94. The highest BCUT2D eigenvalue weighted by molar-refractivity contribution is 6.31. The minimum absolute atomic E-state index is 0.000497. The van der Waals surface area contributed by atoms with E-state index < -0.39 is 5.66 Å². The Morgan fingerprint density at radius 1 is 1.03 bits per heavy atom. The fourth-order valence-electron chi connectivity index (χ4n) is 4.59. The van der Waals surface area contributed by atoms with Crippen molar-refractivity contribution in [3.05, 3.63) is 77.4 Å². The Morgan fingerprint density at radius 2 is 1.70 bits per heavy atom. The number of carbonyl (C=O) groups excluding carboxylic acids is 1. The third kappa shape index (κ3) is 6.31. The number of carbonyl (C=O) groups is 1. The van der Waals surface area contributed by atoms with Gasteiger partial charge in [0.2, 0.25) is 0 Å². The molecule has 0 bridgehead atoms. The van der Waals surface area contributed by atoms with Crippen molar-refractivity contribution in [2.24, 2.45) is 4.99 Å². The van der Waals surface area contributed by atoms with Crippen LogP contribution in [0.5, 0.6) is 5.75 Å². The molecule has 1 aliphatic carbocycles. The van der Waals surface area contributed by atoms with Crippen molar-refractivity contribution in [3.63, 3.8) is 0 Å².